The van der Waals surface area contributed by atoms with Crippen molar-refractivity contribution in [2.45, 2.75) is 25.3 Å². The Morgan fingerprint density at radius 2 is 1.94 bits per heavy atom. The SMILES string of the molecule is COc1c(C(=O)Nc2ccnnc2)nc(-c2nc3ccccc3n2C2CCC2)n(C)c1=O. The Balaban J connectivity index is 1.69. The lowest BCUT2D eigenvalue weighted by Gasteiger charge is -2.29. The van der Waals surface area contributed by atoms with Gasteiger partial charge in [0.25, 0.3) is 11.5 Å². The van der Waals surface area contributed by atoms with Crippen LogP contribution in [0.5, 0.6) is 5.75 Å². The van der Waals surface area contributed by atoms with Crippen molar-refractivity contribution in [1.82, 2.24) is 29.3 Å². The van der Waals surface area contributed by atoms with E-state index in [9.17, 15) is 9.59 Å². The van der Waals surface area contributed by atoms with Crippen molar-refractivity contribution in [3.63, 3.8) is 0 Å². The summed E-state index contributed by atoms with van der Waals surface area (Å²) in [5.41, 5.74) is 1.63. The number of nitrogens with one attached hydrogen (secondary N) is 1. The minimum Gasteiger partial charge on any atom is -0.489 e. The number of anilines is 1. The van der Waals surface area contributed by atoms with Crippen molar-refractivity contribution < 1.29 is 9.53 Å². The van der Waals surface area contributed by atoms with Crippen LogP contribution in [-0.4, -0.2) is 42.3 Å². The first-order valence-corrected chi connectivity index (χ1v) is 10.3. The van der Waals surface area contributed by atoms with E-state index in [1.54, 1.807) is 13.1 Å². The van der Waals surface area contributed by atoms with E-state index in [1.807, 2.05) is 24.3 Å². The summed E-state index contributed by atoms with van der Waals surface area (Å²) in [5.74, 6) is 0.136. The molecule has 3 heterocycles. The van der Waals surface area contributed by atoms with Gasteiger partial charge < -0.3 is 14.6 Å². The molecule has 1 saturated carbocycles. The number of fused-ring (bicyclic) bond motifs is 1. The van der Waals surface area contributed by atoms with E-state index in [-0.39, 0.29) is 17.5 Å². The Morgan fingerprint density at radius 1 is 1.12 bits per heavy atom. The van der Waals surface area contributed by atoms with Crippen molar-refractivity contribution in [3.05, 3.63) is 58.8 Å². The maximum Gasteiger partial charge on any atom is 0.296 e. The van der Waals surface area contributed by atoms with Crippen molar-refractivity contribution in [3.8, 4) is 17.4 Å². The lowest BCUT2D eigenvalue weighted by Crippen LogP contribution is -2.28. The number of imidazole rings is 1. The van der Waals surface area contributed by atoms with Gasteiger partial charge in [-0.15, -0.1) is 0 Å². The molecule has 0 radical (unpaired) electrons. The van der Waals surface area contributed by atoms with Crippen molar-refractivity contribution in [2.24, 2.45) is 7.05 Å². The molecule has 1 amide bonds. The first-order chi connectivity index (χ1) is 15.6. The molecule has 1 N–H and O–H groups in total. The maximum absolute atomic E-state index is 13.1. The van der Waals surface area contributed by atoms with E-state index in [1.165, 1.54) is 24.1 Å². The molecule has 32 heavy (non-hydrogen) atoms. The third kappa shape index (κ3) is 3.20. The highest BCUT2D eigenvalue weighted by molar-refractivity contribution is 6.04. The summed E-state index contributed by atoms with van der Waals surface area (Å²) in [5, 5.41) is 10.1. The van der Waals surface area contributed by atoms with Crippen LogP contribution in [0.3, 0.4) is 0 Å². The van der Waals surface area contributed by atoms with Crippen molar-refractivity contribution >= 4 is 22.6 Å². The number of benzene rings is 1. The fraction of sp³-hybridized carbons (Fsp3) is 0.273. The first kappa shape index (κ1) is 19.9. The van der Waals surface area contributed by atoms with E-state index in [0.29, 0.717) is 17.3 Å². The second kappa shape index (κ2) is 7.88. The van der Waals surface area contributed by atoms with E-state index in [4.69, 9.17) is 9.72 Å². The number of para-hydroxylation sites is 2. The summed E-state index contributed by atoms with van der Waals surface area (Å²) >= 11 is 0. The highest BCUT2D eigenvalue weighted by atomic mass is 16.5. The minimum atomic E-state index is -0.583. The second-order valence-corrected chi connectivity index (χ2v) is 7.65. The van der Waals surface area contributed by atoms with Gasteiger partial charge in [-0.3, -0.25) is 14.2 Å². The number of carbonyl (C=O) groups excluding carboxylic acids is 1. The molecule has 10 heteroatoms. The number of nitrogens with zero attached hydrogens (tertiary/aromatic N) is 6. The molecular formula is C22H21N7O3. The molecule has 5 rings (SSSR count). The van der Waals surface area contributed by atoms with Crippen LogP contribution in [0.15, 0.2) is 47.5 Å². The van der Waals surface area contributed by atoms with Crippen LogP contribution in [0, 0.1) is 0 Å². The van der Waals surface area contributed by atoms with Crippen LogP contribution in [0.25, 0.3) is 22.7 Å². The average molecular weight is 431 g/mol. The molecule has 10 nitrogen and oxygen atoms in total. The number of methoxy groups -OCH3 is 1. The summed E-state index contributed by atoms with van der Waals surface area (Å²) in [6, 6.07) is 9.69. The van der Waals surface area contributed by atoms with Gasteiger partial charge in [-0.1, -0.05) is 12.1 Å². The number of hydrogen-bond donors (Lipinski definition) is 1. The summed E-state index contributed by atoms with van der Waals surface area (Å²) < 4.78 is 8.77. The zero-order chi connectivity index (χ0) is 22.2. The molecule has 1 aliphatic rings. The van der Waals surface area contributed by atoms with E-state index >= 15 is 0 Å². The molecule has 1 aromatic carbocycles. The Kier molecular flexibility index (Phi) is 4.89. The molecule has 0 bridgehead atoms. The average Bonchev–Trinajstić information content (AvgIpc) is 3.14. The highest BCUT2D eigenvalue weighted by Gasteiger charge is 2.29. The van der Waals surface area contributed by atoms with E-state index in [2.05, 4.69) is 25.1 Å². The summed E-state index contributed by atoms with van der Waals surface area (Å²) in [7, 11) is 2.94. The molecule has 4 aromatic rings. The maximum atomic E-state index is 13.1. The van der Waals surface area contributed by atoms with Gasteiger partial charge >= 0.3 is 0 Å². The lowest BCUT2D eigenvalue weighted by molar-refractivity contribution is 0.101. The van der Waals surface area contributed by atoms with Gasteiger partial charge in [0, 0.05) is 13.1 Å². The molecular weight excluding hydrogens is 410 g/mol. The van der Waals surface area contributed by atoms with Crippen molar-refractivity contribution in [1.29, 1.82) is 0 Å². The number of carbonyl (C=O) groups is 1. The van der Waals surface area contributed by atoms with Gasteiger partial charge in [0.2, 0.25) is 5.75 Å². The minimum absolute atomic E-state index is 0.116. The standard InChI is InChI=1S/C22H21N7O3/c1-28-19(20-26-15-8-3-4-9-16(15)29(20)14-6-5-7-14)27-17(18(32-2)22(28)31)21(30)25-13-10-11-23-24-12-13/h3-4,8-12,14H,5-7H2,1-2H3,(H,23,25,30). The van der Waals surface area contributed by atoms with Gasteiger partial charge in [-0.05, 0) is 37.5 Å². The Bertz CT molecular complexity index is 1370. The number of aromatic nitrogens is 6. The zero-order valence-electron chi connectivity index (χ0n) is 17.6. The zero-order valence-corrected chi connectivity index (χ0v) is 17.6. The predicted molar refractivity (Wildman–Crippen MR) is 118 cm³/mol. The summed E-state index contributed by atoms with van der Waals surface area (Å²) in [6.07, 6.45) is 6.05. The van der Waals surface area contributed by atoms with Crippen LogP contribution in [-0.2, 0) is 7.05 Å². The molecule has 162 valence electrons. The third-order valence-electron chi connectivity index (χ3n) is 5.75. The highest BCUT2D eigenvalue weighted by Crippen LogP contribution is 2.38. The second-order valence-electron chi connectivity index (χ2n) is 7.65. The van der Waals surface area contributed by atoms with Gasteiger partial charge in [0.05, 0.1) is 36.2 Å². The van der Waals surface area contributed by atoms with Crippen LogP contribution in [0.1, 0.15) is 35.8 Å². The summed E-state index contributed by atoms with van der Waals surface area (Å²) in [4.78, 5) is 35.5. The normalized spacial score (nSPS) is 13.7. The van der Waals surface area contributed by atoms with E-state index < -0.39 is 11.5 Å². The van der Waals surface area contributed by atoms with Gasteiger partial charge in [0.1, 0.15) is 0 Å². The topological polar surface area (TPSA) is 117 Å². The fourth-order valence-corrected chi connectivity index (χ4v) is 3.89. The number of rotatable bonds is 5. The number of ether oxygens (including phenoxy) is 1. The van der Waals surface area contributed by atoms with Gasteiger partial charge in [-0.2, -0.15) is 10.2 Å². The van der Waals surface area contributed by atoms with Crippen LogP contribution in [0.4, 0.5) is 5.69 Å². The molecule has 0 spiro atoms. The first-order valence-electron chi connectivity index (χ1n) is 10.3. The molecule has 1 aliphatic carbocycles. The number of hydrogen-bond acceptors (Lipinski definition) is 7. The fourth-order valence-electron chi connectivity index (χ4n) is 3.89. The van der Waals surface area contributed by atoms with Crippen molar-refractivity contribution in [2.75, 3.05) is 12.4 Å². The van der Waals surface area contributed by atoms with Gasteiger partial charge in [-0.25, -0.2) is 9.97 Å². The Morgan fingerprint density at radius 3 is 2.62 bits per heavy atom. The van der Waals surface area contributed by atoms with Gasteiger partial charge in [0.15, 0.2) is 17.3 Å². The number of amides is 1. The van der Waals surface area contributed by atoms with Crippen LogP contribution >= 0.6 is 0 Å². The molecule has 0 atom stereocenters. The van der Waals surface area contributed by atoms with Crippen LogP contribution in [0.2, 0.25) is 0 Å². The van der Waals surface area contributed by atoms with E-state index in [0.717, 1.165) is 30.3 Å². The Hall–Kier alpha value is -4.08. The summed E-state index contributed by atoms with van der Waals surface area (Å²) in [6.45, 7) is 0. The quantitative estimate of drug-likeness (QED) is 0.516. The molecule has 0 unspecified atom stereocenters. The molecule has 0 saturated heterocycles. The molecule has 0 aliphatic heterocycles. The van der Waals surface area contributed by atoms with Crippen LogP contribution < -0.4 is 15.6 Å². The molecule has 3 aromatic heterocycles. The smallest absolute Gasteiger partial charge is 0.296 e. The lowest BCUT2D eigenvalue weighted by atomic mass is 9.92. The monoisotopic (exact) mass is 431 g/mol. The Labute approximate surface area is 182 Å². The third-order valence-corrected chi connectivity index (χ3v) is 5.75. The predicted octanol–water partition coefficient (Wildman–Crippen LogP) is 2.57. The largest absolute Gasteiger partial charge is 0.489 e. The molecule has 1 fully saturated rings.